The second-order valence-corrected chi connectivity index (χ2v) is 6.31. The molecule has 5 heteroatoms. The molecular weight excluding hydrogens is 302 g/mol. The highest BCUT2D eigenvalue weighted by Crippen LogP contribution is 2.16. The van der Waals surface area contributed by atoms with E-state index in [0.717, 1.165) is 24.5 Å². The summed E-state index contributed by atoms with van der Waals surface area (Å²) in [4.78, 5) is 18.8. The number of nitrogens with one attached hydrogen (secondary N) is 1. The van der Waals surface area contributed by atoms with Crippen LogP contribution in [0.3, 0.4) is 0 Å². The lowest BCUT2D eigenvalue weighted by Gasteiger charge is -2.36. The Morgan fingerprint density at radius 2 is 1.88 bits per heavy atom. The Balaban J connectivity index is 1.60. The predicted octanol–water partition coefficient (Wildman–Crippen LogP) is 2.48. The molecule has 1 aromatic carbocycles. The van der Waals surface area contributed by atoms with Crippen molar-refractivity contribution in [2.45, 2.75) is 32.5 Å². The quantitative estimate of drug-likeness (QED) is 0.938. The monoisotopic (exact) mass is 325 g/mol. The SMILES string of the molecule is C[C@H]1CN(C(=O)c2ccc(OCc3ccccn3)cc2)C[C@H](C)N1. The van der Waals surface area contributed by atoms with Gasteiger partial charge >= 0.3 is 0 Å². The van der Waals surface area contributed by atoms with Crippen molar-refractivity contribution in [3.05, 3.63) is 59.9 Å². The molecule has 24 heavy (non-hydrogen) atoms. The van der Waals surface area contributed by atoms with E-state index in [-0.39, 0.29) is 5.91 Å². The van der Waals surface area contributed by atoms with E-state index < -0.39 is 0 Å². The van der Waals surface area contributed by atoms with E-state index in [2.05, 4.69) is 24.1 Å². The third kappa shape index (κ3) is 4.11. The van der Waals surface area contributed by atoms with Gasteiger partial charge < -0.3 is 15.0 Å². The van der Waals surface area contributed by atoms with Crippen LogP contribution < -0.4 is 10.1 Å². The second kappa shape index (κ2) is 7.45. The molecule has 2 heterocycles. The smallest absolute Gasteiger partial charge is 0.253 e. The van der Waals surface area contributed by atoms with Crippen molar-refractivity contribution in [3.8, 4) is 5.75 Å². The topological polar surface area (TPSA) is 54.5 Å². The second-order valence-electron chi connectivity index (χ2n) is 6.31. The van der Waals surface area contributed by atoms with Gasteiger partial charge in [0.25, 0.3) is 5.91 Å². The van der Waals surface area contributed by atoms with Crippen LogP contribution in [0.15, 0.2) is 48.7 Å². The van der Waals surface area contributed by atoms with E-state index in [4.69, 9.17) is 4.74 Å². The van der Waals surface area contributed by atoms with Gasteiger partial charge in [-0.1, -0.05) is 6.07 Å². The first-order chi connectivity index (χ1) is 11.6. The highest BCUT2D eigenvalue weighted by atomic mass is 16.5. The molecule has 0 unspecified atom stereocenters. The molecule has 0 radical (unpaired) electrons. The summed E-state index contributed by atoms with van der Waals surface area (Å²) in [6, 6.07) is 13.7. The molecule has 1 aliphatic heterocycles. The van der Waals surface area contributed by atoms with Gasteiger partial charge in [0, 0.05) is 36.9 Å². The zero-order valence-corrected chi connectivity index (χ0v) is 14.1. The Bertz CT molecular complexity index is 663. The van der Waals surface area contributed by atoms with Gasteiger partial charge in [-0.25, -0.2) is 0 Å². The van der Waals surface area contributed by atoms with Crippen LogP contribution in [-0.4, -0.2) is 41.0 Å². The summed E-state index contributed by atoms with van der Waals surface area (Å²) in [6.07, 6.45) is 1.75. The number of rotatable bonds is 4. The zero-order chi connectivity index (χ0) is 16.9. The highest BCUT2D eigenvalue weighted by Gasteiger charge is 2.25. The molecule has 1 aromatic heterocycles. The van der Waals surface area contributed by atoms with E-state index in [0.29, 0.717) is 24.3 Å². The van der Waals surface area contributed by atoms with Crippen molar-refractivity contribution >= 4 is 5.91 Å². The molecule has 1 saturated heterocycles. The molecular formula is C19H23N3O2. The van der Waals surface area contributed by atoms with Gasteiger partial charge in [0.1, 0.15) is 12.4 Å². The molecule has 0 bridgehead atoms. The van der Waals surface area contributed by atoms with Crippen molar-refractivity contribution in [1.82, 2.24) is 15.2 Å². The van der Waals surface area contributed by atoms with Crippen LogP contribution in [0.4, 0.5) is 0 Å². The zero-order valence-electron chi connectivity index (χ0n) is 14.1. The number of aromatic nitrogens is 1. The Morgan fingerprint density at radius 3 is 2.50 bits per heavy atom. The summed E-state index contributed by atoms with van der Waals surface area (Å²) in [7, 11) is 0. The molecule has 1 amide bonds. The number of hydrogen-bond acceptors (Lipinski definition) is 4. The van der Waals surface area contributed by atoms with Crippen LogP contribution in [-0.2, 0) is 6.61 Å². The number of amides is 1. The summed E-state index contributed by atoms with van der Waals surface area (Å²) in [5.74, 6) is 0.811. The van der Waals surface area contributed by atoms with E-state index >= 15 is 0 Å². The summed E-state index contributed by atoms with van der Waals surface area (Å²) in [5.41, 5.74) is 1.57. The number of carbonyl (C=O) groups excluding carboxylic acids is 1. The molecule has 1 N–H and O–H groups in total. The van der Waals surface area contributed by atoms with Crippen molar-refractivity contribution < 1.29 is 9.53 Å². The maximum absolute atomic E-state index is 12.6. The maximum atomic E-state index is 12.6. The standard InChI is InChI=1S/C19H23N3O2/c1-14-11-22(12-15(2)21-14)19(23)16-6-8-18(9-7-16)24-13-17-5-3-4-10-20-17/h3-10,14-15,21H,11-13H2,1-2H3/t14-,15-/m0/s1. The van der Waals surface area contributed by atoms with Gasteiger partial charge in [-0.15, -0.1) is 0 Å². The predicted molar refractivity (Wildman–Crippen MR) is 93.0 cm³/mol. The minimum Gasteiger partial charge on any atom is -0.487 e. The number of carbonyl (C=O) groups is 1. The molecule has 2 atom stereocenters. The lowest BCUT2D eigenvalue weighted by molar-refractivity contribution is 0.0673. The van der Waals surface area contributed by atoms with Crippen molar-refractivity contribution in [2.24, 2.45) is 0 Å². The van der Waals surface area contributed by atoms with Crippen molar-refractivity contribution in [3.63, 3.8) is 0 Å². The molecule has 0 saturated carbocycles. The van der Waals surface area contributed by atoms with Gasteiger partial charge in [0.15, 0.2) is 0 Å². The van der Waals surface area contributed by atoms with Crippen LogP contribution in [0.2, 0.25) is 0 Å². The minimum atomic E-state index is 0.0754. The Kier molecular flexibility index (Phi) is 5.11. The summed E-state index contributed by atoms with van der Waals surface area (Å²) in [5, 5.41) is 3.44. The Morgan fingerprint density at radius 1 is 1.17 bits per heavy atom. The molecule has 1 aliphatic rings. The Labute approximate surface area is 142 Å². The lowest BCUT2D eigenvalue weighted by atomic mass is 10.1. The maximum Gasteiger partial charge on any atom is 0.253 e. The van der Waals surface area contributed by atoms with E-state index in [1.807, 2.05) is 47.4 Å². The average molecular weight is 325 g/mol. The first-order valence-electron chi connectivity index (χ1n) is 8.30. The van der Waals surface area contributed by atoms with Crippen LogP contribution in [0.1, 0.15) is 29.9 Å². The van der Waals surface area contributed by atoms with Crippen LogP contribution in [0.25, 0.3) is 0 Å². The summed E-state index contributed by atoms with van der Waals surface area (Å²) < 4.78 is 5.71. The fraction of sp³-hybridized carbons (Fsp3) is 0.368. The lowest BCUT2D eigenvalue weighted by Crippen LogP contribution is -2.55. The fourth-order valence-electron chi connectivity index (χ4n) is 3.01. The third-order valence-electron chi connectivity index (χ3n) is 4.06. The van der Waals surface area contributed by atoms with Crippen molar-refractivity contribution in [2.75, 3.05) is 13.1 Å². The molecule has 1 fully saturated rings. The van der Waals surface area contributed by atoms with Crippen LogP contribution in [0, 0.1) is 0 Å². The minimum absolute atomic E-state index is 0.0754. The van der Waals surface area contributed by atoms with E-state index in [9.17, 15) is 4.79 Å². The van der Waals surface area contributed by atoms with Gasteiger partial charge in [0.05, 0.1) is 5.69 Å². The molecule has 2 aromatic rings. The molecule has 0 aliphatic carbocycles. The summed E-state index contributed by atoms with van der Waals surface area (Å²) in [6.45, 7) is 6.10. The van der Waals surface area contributed by atoms with E-state index in [1.165, 1.54) is 0 Å². The van der Waals surface area contributed by atoms with Crippen molar-refractivity contribution in [1.29, 1.82) is 0 Å². The number of nitrogens with zero attached hydrogens (tertiary/aromatic N) is 2. The highest BCUT2D eigenvalue weighted by molar-refractivity contribution is 5.94. The number of ether oxygens (including phenoxy) is 1. The van der Waals surface area contributed by atoms with E-state index in [1.54, 1.807) is 6.20 Å². The largest absolute Gasteiger partial charge is 0.487 e. The van der Waals surface area contributed by atoms with Gasteiger partial charge in [-0.3, -0.25) is 9.78 Å². The molecule has 0 spiro atoms. The van der Waals surface area contributed by atoms with Gasteiger partial charge in [-0.05, 0) is 50.2 Å². The van der Waals surface area contributed by atoms with Gasteiger partial charge in [-0.2, -0.15) is 0 Å². The first kappa shape index (κ1) is 16.5. The molecule has 5 nitrogen and oxygen atoms in total. The van der Waals surface area contributed by atoms with Crippen LogP contribution >= 0.6 is 0 Å². The van der Waals surface area contributed by atoms with Crippen LogP contribution in [0.5, 0.6) is 5.75 Å². The number of piperazine rings is 1. The third-order valence-corrected chi connectivity index (χ3v) is 4.06. The molecule has 3 rings (SSSR count). The Hall–Kier alpha value is -2.40. The average Bonchev–Trinajstić information content (AvgIpc) is 2.60. The first-order valence-corrected chi connectivity index (χ1v) is 8.30. The number of pyridine rings is 1. The van der Waals surface area contributed by atoms with Gasteiger partial charge in [0.2, 0.25) is 0 Å². The number of benzene rings is 1. The number of hydrogen-bond donors (Lipinski definition) is 1. The normalized spacial score (nSPS) is 20.7. The fourth-order valence-corrected chi connectivity index (χ4v) is 3.01. The summed E-state index contributed by atoms with van der Waals surface area (Å²) >= 11 is 0. The molecule has 126 valence electrons.